The van der Waals surface area contributed by atoms with Gasteiger partial charge in [-0.1, -0.05) is 12.1 Å². The van der Waals surface area contributed by atoms with Gasteiger partial charge in [-0.15, -0.1) is 0 Å². The van der Waals surface area contributed by atoms with Gasteiger partial charge in [0.1, 0.15) is 0 Å². The summed E-state index contributed by atoms with van der Waals surface area (Å²) in [5.74, 6) is 1.64. The average molecular weight is 492 g/mol. The van der Waals surface area contributed by atoms with Crippen LogP contribution in [0.5, 0.6) is 11.5 Å². The summed E-state index contributed by atoms with van der Waals surface area (Å²) in [6.07, 6.45) is 4.09. The van der Waals surface area contributed by atoms with Crippen LogP contribution in [0.1, 0.15) is 47.9 Å². The molecule has 36 heavy (non-hydrogen) atoms. The van der Waals surface area contributed by atoms with Crippen molar-refractivity contribution in [2.24, 2.45) is 5.92 Å². The zero-order valence-corrected chi connectivity index (χ0v) is 21.5. The van der Waals surface area contributed by atoms with Gasteiger partial charge in [-0.05, 0) is 74.0 Å². The van der Waals surface area contributed by atoms with Crippen molar-refractivity contribution in [2.45, 2.75) is 52.5 Å². The fourth-order valence-corrected chi connectivity index (χ4v) is 5.49. The van der Waals surface area contributed by atoms with Crippen molar-refractivity contribution >= 4 is 17.5 Å². The van der Waals surface area contributed by atoms with Crippen molar-refractivity contribution < 1.29 is 19.1 Å². The number of aryl methyl sites for hydroxylation is 2. The van der Waals surface area contributed by atoms with E-state index >= 15 is 0 Å². The van der Waals surface area contributed by atoms with Crippen molar-refractivity contribution in [3.05, 3.63) is 52.6 Å². The Balaban J connectivity index is 1.12. The van der Waals surface area contributed by atoms with Gasteiger partial charge in [0.25, 0.3) is 0 Å². The van der Waals surface area contributed by atoms with Crippen LogP contribution in [0.15, 0.2) is 30.3 Å². The van der Waals surface area contributed by atoms with Crippen LogP contribution in [0, 0.1) is 19.8 Å². The highest BCUT2D eigenvalue weighted by Gasteiger charge is 2.31. The molecule has 0 saturated carbocycles. The molecule has 2 aromatic carbocycles. The highest BCUT2D eigenvalue weighted by Crippen LogP contribution is 2.32. The molecule has 3 heterocycles. The molecule has 0 aliphatic carbocycles. The van der Waals surface area contributed by atoms with Gasteiger partial charge >= 0.3 is 0 Å². The second kappa shape index (κ2) is 10.9. The Bertz CT molecular complexity index is 1130. The van der Waals surface area contributed by atoms with Crippen molar-refractivity contribution in [2.75, 3.05) is 44.7 Å². The molecule has 1 saturated heterocycles. The van der Waals surface area contributed by atoms with E-state index in [1.807, 2.05) is 23.1 Å². The highest BCUT2D eigenvalue weighted by molar-refractivity contribution is 5.91. The van der Waals surface area contributed by atoms with Gasteiger partial charge in [-0.3, -0.25) is 9.59 Å². The summed E-state index contributed by atoms with van der Waals surface area (Å²) in [6.45, 7) is 9.37. The Morgan fingerprint density at radius 1 is 0.972 bits per heavy atom. The number of hydrogen-bond donors (Lipinski definition) is 1. The summed E-state index contributed by atoms with van der Waals surface area (Å²) in [7, 11) is 0. The van der Waals surface area contributed by atoms with E-state index in [1.165, 1.54) is 22.3 Å². The fourth-order valence-electron chi connectivity index (χ4n) is 5.49. The number of carbonyl (C=O) groups excluding carboxylic acids is 2. The van der Waals surface area contributed by atoms with Crippen LogP contribution in [0.3, 0.4) is 0 Å². The summed E-state index contributed by atoms with van der Waals surface area (Å²) < 4.78 is 11.4. The molecule has 5 rings (SSSR count). The Morgan fingerprint density at radius 3 is 2.58 bits per heavy atom. The molecule has 1 fully saturated rings. The molecule has 7 nitrogen and oxygen atoms in total. The van der Waals surface area contributed by atoms with E-state index in [-0.39, 0.29) is 17.7 Å². The predicted octanol–water partition coefficient (Wildman–Crippen LogP) is 4.09. The minimum atomic E-state index is -0.0313. The molecule has 7 heteroatoms. The van der Waals surface area contributed by atoms with Crippen LogP contribution in [-0.4, -0.2) is 61.0 Å². The number of rotatable bonds is 5. The number of benzene rings is 2. The second-order valence-electron chi connectivity index (χ2n) is 10.4. The molecule has 0 radical (unpaired) electrons. The Morgan fingerprint density at radius 2 is 1.75 bits per heavy atom. The highest BCUT2D eigenvalue weighted by atomic mass is 16.5. The summed E-state index contributed by atoms with van der Waals surface area (Å²) in [5.41, 5.74) is 6.00. The number of carbonyl (C=O) groups is 2. The zero-order chi connectivity index (χ0) is 25.1. The lowest BCUT2D eigenvalue weighted by Crippen LogP contribution is -2.46. The number of nitrogens with one attached hydrogen (secondary N) is 1. The quantitative estimate of drug-likeness (QED) is 0.682. The lowest BCUT2D eigenvalue weighted by molar-refractivity contribution is -0.138. The molecule has 192 valence electrons. The van der Waals surface area contributed by atoms with Gasteiger partial charge in [-0.25, -0.2) is 0 Å². The molecule has 0 bridgehead atoms. The molecule has 2 aromatic rings. The number of hydrogen-bond acceptors (Lipinski definition) is 5. The van der Waals surface area contributed by atoms with Crippen LogP contribution < -0.4 is 14.8 Å². The fraction of sp³-hybridized carbons (Fsp3) is 0.517. The average Bonchev–Trinajstić information content (AvgIpc) is 3.13. The molecule has 1 N–H and O–H groups in total. The van der Waals surface area contributed by atoms with Crippen molar-refractivity contribution in [3.8, 4) is 11.5 Å². The van der Waals surface area contributed by atoms with Gasteiger partial charge in [-0.2, -0.15) is 0 Å². The first kappa shape index (κ1) is 24.6. The van der Waals surface area contributed by atoms with E-state index in [0.717, 1.165) is 51.1 Å². The number of nitrogens with zero attached hydrogens (tertiary/aromatic N) is 2. The molecule has 3 aliphatic heterocycles. The maximum Gasteiger partial charge on any atom is 0.227 e. The van der Waals surface area contributed by atoms with Gasteiger partial charge in [0, 0.05) is 50.8 Å². The standard InChI is InChI=1S/C29H37N3O4/c1-20-15-22-8-12-32(19-24(22)16-21(20)2)29(34)23-5-3-10-31(18-23)11-9-28(33)30-25-6-7-26-27(17-25)36-14-4-13-35-26/h6-7,15-17,23H,3-5,8-14,18-19H2,1-2H3,(H,30,33). The van der Waals surface area contributed by atoms with Crippen LogP contribution >= 0.6 is 0 Å². The van der Waals surface area contributed by atoms with Crippen LogP contribution in [0.2, 0.25) is 0 Å². The monoisotopic (exact) mass is 491 g/mol. The van der Waals surface area contributed by atoms with Crippen LogP contribution in [0.25, 0.3) is 0 Å². The molecule has 1 unspecified atom stereocenters. The third-order valence-corrected chi connectivity index (χ3v) is 7.68. The third-order valence-electron chi connectivity index (χ3n) is 7.68. The number of ether oxygens (including phenoxy) is 2. The number of anilines is 1. The summed E-state index contributed by atoms with van der Waals surface area (Å²) in [5, 5.41) is 2.98. The number of fused-ring (bicyclic) bond motifs is 2. The van der Waals surface area contributed by atoms with E-state index in [4.69, 9.17) is 9.47 Å². The first-order valence-corrected chi connectivity index (χ1v) is 13.3. The van der Waals surface area contributed by atoms with Crippen molar-refractivity contribution in [1.82, 2.24) is 9.80 Å². The topological polar surface area (TPSA) is 71.1 Å². The maximum absolute atomic E-state index is 13.4. The second-order valence-corrected chi connectivity index (χ2v) is 10.4. The lowest BCUT2D eigenvalue weighted by atomic mass is 9.92. The minimum Gasteiger partial charge on any atom is -0.490 e. The van der Waals surface area contributed by atoms with Crippen molar-refractivity contribution in [3.63, 3.8) is 0 Å². The Kier molecular flexibility index (Phi) is 7.46. The van der Waals surface area contributed by atoms with E-state index in [9.17, 15) is 9.59 Å². The van der Waals surface area contributed by atoms with E-state index < -0.39 is 0 Å². The summed E-state index contributed by atoms with van der Waals surface area (Å²) in [4.78, 5) is 30.3. The zero-order valence-electron chi connectivity index (χ0n) is 21.5. The van der Waals surface area contributed by atoms with Gasteiger partial charge < -0.3 is 24.6 Å². The maximum atomic E-state index is 13.4. The predicted molar refractivity (Wildman–Crippen MR) is 139 cm³/mol. The minimum absolute atomic E-state index is 0.0108. The van der Waals surface area contributed by atoms with Crippen LogP contribution in [-0.2, 0) is 22.6 Å². The van der Waals surface area contributed by atoms with Gasteiger partial charge in [0.2, 0.25) is 11.8 Å². The molecule has 3 aliphatic rings. The smallest absolute Gasteiger partial charge is 0.227 e. The Hall–Kier alpha value is -3.06. The van der Waals surface area contributed by atoms with E-state index in [0.29, 0.717) is 44.2 Å². The molecule has 2 amide bonds. The van der Waals surface area contributed by atoms with Crippen molar-refractivity contribution in [1.29, 1.82) is 0 Å². The first-order chi connectivity index (χ1) is 17.5. The number of likely N-dealkylation sites (tertiary alicyclic amines) is 1. The van der Waals surface area contributed by atoms with E-state index in [1.54, 1.807) is 0 Å². The largest absolute Gasteiger partial charge is 0.490 e. The molecular weight excluding hydrogens is 454 g/mol. The van der Waals surface area contributed by atoms with Crippen LogP contribution in [0.4, 0.5) is 5.69 Å². The molecule has 1 atom stereocenters. The SMILES string of the molecule is Cc1cc2c(cc1C)CN(C(=O)C1CCCN(CCC(=O)Nc3ccc4c(c3)OCCCO4)C1)CC2. The molecular formula is C29H37N3O4. The van der Waals surface area contributed by atoms with Gasteiger partial charge in [0.15, 0.2) is 11.5 Å². The lowest BCUT2D eigenvalue weighted by Gasteiger charge is -2.37. The third kappa shape index (κ3) is 5.67. The Labute approximate surface area is 213 Å². The number of piperidine rings is 1. The van der Waals surface area contributed by atoms with E-state index in [2.05, 4.69) is 36.2 Å². The first-order valence-electron chi connectivity index (χ1n) is 13.3. The van der Waals surface area contributed by atoms with Gasteiger partial charge in [0.05, 0.1) is 19.1 Å². The summed E-state index contributed by atoms with van der Waals surface area (Å²) >= 11 is 0. The normalized spacial score (nSPS) is 19.8. The number of amides is 2. The molecule has 0 spiro atoms. The molecule has 0 aromatic heterocycles. The summed E-state index contributed by atoms with van der Waals surface area (Å²) in [6, 6.07) is 10.1.